The molecule has 0 amide bonds. The van der Waals surface area contributed by atoms with Gasteiger partial charge >= 0.3 is 12.1 Å². The van der Waals surface area contributed by atoms with Crippen molar-refractivity contribution in [3.05, 3.63) is 69.5 Å². The van der Waals surface area contributed by atoms with E-state index in [1.807, 2.05) is 6.07 Å². The van der Waals surface area contributed by atoms with Crippen molar-refractivity contribution in [3.8, 4) is 23.3 Å². The van der Waals surface area contributed by atoms with Crippen LogP contribution >= 0.6 is 15.9 Å². The van der Waals surface area contributed by atoms with Crippen LogP contribution in [0, 0.1) is 23.0 Å². The van der Waals surface area contributed by atoms with Gasteiger partial charge in [-0.3, -0.25) is 0 Å². The zero-order chi connectivity index (χ0) is 23.8. The predicted molar refractivity (Wildman–Crippen MR) is 105 cm³/mol. The van der Waals surface area contributed by atoms with Crippen LogP contribution < -0.4 is 10.5 Å². The van der Waals surface area contributed by atoms with E-state index in [1.165, 1.54) is 29.0 Å². The molecule has 0 aliphatic rings. The quantitative estimate of drug-likeness (QED) is 0.362. The summed E-state index contributed by atoms with van der Waals surface area (Å²) >= 11 is 3.18. The minimum absolute atomic E-state index is 0.0346. The van der Waals surface area contributed by atoms with Crippen LogP contribution in [0.25, 0.3) is 5.69 Å². The minimum atomic E-state index is -4.94. The number of nitrogens with two attached hydrogens (primary N) is 1. The van der Waals surface area contributed by atoms with E-state index in [0.717, 1.165) is 7.11 Å². The molecule has 6 nitrogen and oxygen atoms in total. The van der Waals surface area contributed by atoms with Crippen LogP contribution in [-0.2, 0) is 10.9 Å². The van der Waals surface area contributed by atoms with Gasteiger partial charge < -0.3 is 19.8 Å². The molecule has 0 unspecified atom stereocenters. The summed E-state index contributed by atoms with van der Waals surface area (Å²) in [5, 5.41) is 9.21. The molecule has 0 saturated carbocycles. The lowest BCUT2D eigenvalue weighted by Gasteiger charge is -2.14. The number of ether oxygens (including phenoxy) is 2. The lowest BCUT2D eigenvalue weighted by Crippen LogP contribution is -2.11. The molecular weight excluding hydrogens is 505 g/mol. The predicted octanol–water partition coefficient (Wildman–Crippen LogP) is 5.57. The fourth-order valence-corrected chi connectivity index (χ4v) is 3.26. The molecule has 0 radical (unpaired) electrons. The second-order valence-corrected chi connectivity index (χ2v) is 7.21. The second kappa shape index (κ2) is 8.51. The molecule has 1 aromatic heterocycles. The van der Waals surface area contributed by atoms with Crippen molar-refractivity contribution in [1.29, 1.82) is 5.26 Å². The van der Waals surface area contributed by atoms with E-state index in [2.05, 4.69) is 20.7 Å². The van der Waals surface area contributed by atoms with Gasteiger partial charge in [0.05, 0.1) is 29.6 Å². The molecular formula is C20H11BrF5N3O3. The largest absolute Gasteiger partial charge is 0.464 e. The molecule has 0 bridgehead atoms. The van der Waals surface area contributed by atoms with Gasteiger partial charge in [-0.1, -0.05) is 15.9 Å². The van der Waals surface area contributed by atoms with Crippen LogP contribution in [0.1, 0.15) is 21.6 Å². The van der Waals surface area contributed by atoms with E-state index in [0.29, 0.717) is 4.47 Å². The van der Waals surface area contributed by atoms with Gasteiger partial charge in [-0.15, -0.1) is 0 Å². The molecule has 0 saturated heterocycles. The first-order valence-electron chi connectivity index (χ1n) is 8.50. The summed E-state index contributed by atoms with van der Waals surface area (Å²) in [7, 11) is 1.11. The van der Waals surface area contributed by atoms with E-state index in [9.17, 15) is 32.0 Å². The number of alkyl halides is 3. The summed E-state index contributed by atoms with van der Waals surface area (Å²) in [6.07, 6.45) is -3.70. The Kier molecular flexibility index (Phi) is 6.13. The summed E-state index contributed by atoms with van der Waals surface area (Å²) in [5.41, 5.74) is 4.14. The van der Waals surface area contributed by atoms with Gasteiger partial charge in [0.1, 0.15) is 11.8 Å². The first kappa shape index (κ1) is 23.1. The van der Waals surface area contributed by atoms with Gasteiger partial charge in [0.2, 0.25) is 0 Å². The van der Waals surface area contributed by atoms with Gasteiger partial charge in [0.15, 0.2) is 23.1 Å². The standard InChI is InChI=1S/C20H11BrF5N3O3/c1-31-19(30)17-16(28)9(7-27)8-29(17)12-4-11(21)5-13(6-12)32-18-14(22)2-10(3-15(18)23)20(24,25)26/h2-6,8H,28H2,1H3. The third kappa shape index (κ3) is 4.38. The number of nitriles is 1. The normalized spacial score (nSPS) is 11.2. The summed E-state index contributed by atoms with van der Waals surface area (Å²) in [6.45, 7) is 0. The Morgan fingerprint density at radius 2 is 1.78 bits per heavy atom. The number of hydrogen-bond donors (Lipinski definition) is 1. The average Bonchev–Trinajstić information content (AvgIpc) is 3.05. The molecule has 32 heavy (non-hydrogen) atoms. The lowest BCUT2D eigenvalue weighted by molar-refractivity contribution is -0.138. The minimum Gasteiger partial charge on any atom is -0.464 e. The molecule has 3 rings (SSSR count). The van der Waals surface area contributed by atoms with Gasteiger partial charge in [-0.2, -0.15) is 18.4 Å². The number of benzene rings is 2. The number of nitrogen functional groups attached to an aromatic ring is 1. The van der Waals surface area contributed by atoms with Crippen molar-refractivity contribution in [2.45, 2.75) is 6.18 Å². The number of carbonyl (C=O) groups is 1. The number of nitrogens with zero attached hydrogens (tertiary/aromatic N) is 2. The fraction of sp³-hybridized carbons (Fsp3) is 0.100. The number of esters is 1. The molecule has 0 aliphatic heterocycles. The summed E-state index contributed by atoms with van der Waals surface area (Å²) in [6, 6.07) is 6.03. The van der Waals surface area contributed by atoms with E-state index < -0.39 is 35.1 Å². The first-order valence-corrected chi connectivity index (χ1v) is 9.29. The van der Waals surface area contributed by atoms with Crippen molar-refractivity contribution in [1.82, 2.24) is 4.57 Å². The molecule has 1 heterocycles. The number of anilines is 1. The molecule has 166 valence electrons. The molecule has 0 atom stereocenters. The molecule has 2 N–H and O–H groups in total. The number of halogens is 6. The number of carbonyl (C=O) groups excluding carboxylic acids is 1. The van der Waals surface area contributed by atoms with E-state index in [1.54, 1.807) is 0 Å². The zero-order valence-corrected chi connectivity index (χ0v) is 17.5. The van der Waals surface area contributed by atoms with Gasteiger partial charge in [-0.25, -0.2) is 13.6 Å². The highest BCUT2D eigenvalue weighted by Crippen LogP contribution is 2.37. The molecule has 0 aliphatic carbocycles. The second-order valence-electron chi connectivity index (χ2n) is 6.29. The van der Waals surface area contributed by atoms with E-state index in [-0.39, 0.29) is 40.5 Å². The average molecular weight is 516 g/mol. The van der Waals surface area contributed by atoms with Crippen LogP contribution in [-0.4, -0.2) is 17.6 Å². The zero-order valence-electron chi connectivity index (χ0n) is 15.9. The highest BCUT2D eigenvalue weighted by atomic mass is 79.9. The van der Waals surface area contributed by atoms with Crippen LogP contribution in [0.15, 0.2) is 41.0 Å². The maximum absolute atomic E-state index is 14.2. The van der Waals surface area contributed by atoms with Crippen LogP contribution in [0.4, 0.5) is 27.6 Å². The van der Waals surface area contributed by atoms with E-state index in [4.69, 9.17) is 10.5 Å². The molecule has 3 aromatic rings. The Morgan fingerprint density at radius 1 is 1.16 bits per heavy atom. The molecule has 12 heteroatoms. The third-order valence-corrected chi connectivity index (χ3v) is 4.68. The first-order chi connectivity index (χ1) is 15.0. The van der Waals surface area contributed by atoms with Crippen molar-refractivity contribution in [2.75, 3.05) is 12.8 Å². The monoisotopic (exact) mass is 515 g/mol. The van der Waals surface area contributed by atoms with Crippen molar-refractivity contribution in [2.24, 2.45) is 0 Å². The Balaban J connectivity index is 2.10. The maximum atomic E-state index is 14.2. The SMILES string of the molecule is COC(=O)c1c(N)c(C#N)cn1-c1cc(Br)cc(Oc2c(F)cc(C(F)(F)F)cc2F)c1. The van der Waals surface area contributed by atoms with Crippen LogP contribution in [0.2, 0.25) is 0 Å². The van der Waals surface area contributed by atoms with Gasteiger partial charge in [0.25, 0.3) is 0 Å². The Labute approximate surface area is 185 Å². The topological polar surface area (TPSA) is 90.3 Å². The number of aromatic nitrogens is 1. The van der Waals surface area contributed by atoms with Crippen molar-refractivity contribution in [3.63, 3.8) is 0 Å². The number of rotatable bonds is 4. The fourth-order valence-electron chi connectivity index (χ4n) is 2.80. The van der Waals surface area contributed by atoms with Crippen molar-refractivity contribution >= 4 is 27.6 Å². The Hall–Kier alpha value is -3.59. The maximum Gasteiger partial charge on any atom is 0.416 e. The summed E-state index contributed by atoms with van der Waals surface area (Å²) in [5.74, 6) is -5.23. The van der Waals surface area contributed by atoms with Gasteiger partial charge in [-0.05, 0) is 24.3 Å². The molecule has 0 fully saturated rings. The van der Waals surface area contributed by atoms with E-state index >= 15 is 0 Å². The Bertz CT molecular complexity index is 1240. The summed E-state index contributed by atoms with van der Waals surface area (Å²) in [4.78, 5) is 12.2. The molecule has 2 aromatic carbocycles. The summed E-state index contributed by atoms with van der Waals surface area (Å²) < 4.78 is 77.9. The highest BCUT2D eigenvalue weighted by molar-refractivity contribution is 9.10. The molecule has 0 spiro atoms. The number of methoxy groups -OCH3 is 1. The number of hydrogen-bond acceptors (Lipinski definition) is 5. The van der Waals surface area contributed by atoms with Crippen LogP contribution in [0.5, 0.6) is 11.5 Å². The lowest BCUT2D eigenvalue weighted by atomic mass is 10.2. The highest BCUT2D eigenvalue weighted by Gasteiger charge is 2.33. The smallest absolute Gasteiger partial charge is 0.416 e. The van der Waals surface area contributed by atoms with Gasteiger partial charge in [0, 0.05) is 16.7 Å². The third-order valence-electron chi connectivity index (χ3n) is 4.22. The van der Waals surface area contributed by atoms with Crippen molar-refractivity contribution < 1.29 is 36.2 Å². The Morgan fingerprint density at radius 3 is 2.31 bits per heavy atom. The van der Waals surface area contributed by atoms with Crippen LogP contribution in [0.3, 0.4) is 0 Å².